The number of allylic oxidation sites excluding steroid dienone is 2. The largest absolute Gasteiger partial charge is 0.338 e. The Morgan fingerprint density at radius 1 is 1.29 bits per heavy atom. The molecule has 2 rings (SSSR count). The Morgan fingerprint density at radius 2 is 2.05 bits per heavy atom. The van der Waals surface area contributed by atoms with Gasteiger partial charge in [0, 0.05) is 14.7 Å². The van der Waals surface area contributed by atoms with E-state index in [1.165, 1.54) is 0 Å². The number of anilines is 1. The average molecular weight is 283 g/mol. The van der Waals surface area contributed by atoms with E-state index < -0.39 is 0 Å². The molecule has 0 saturated heterocycles. The van der Waals surface area contributed by atoms with E-state index in [4.69, 9.17) is 6.58 Å². The number of hydrogen-bond acceptors (Lipinski definition) is 4. The third-order valence-corrected chi connectivity index (χ3v) is 2.56. The second kappa shape index (κ2) is 8.64. The Hall–Kier alpha value is -2.49. The summed E-state index contributed by atoms with van der Waals surface area (Å²) < 4.78 is 0. The molecule has 0 aliphatic rings. The van der Waals surface area contributed by atoms with E-state index in [2.05, 4.69) is 20.3 Å². The van der Waals surface area contributed by atoms with Gasteiger partial charge >= 0.3 is 0 Å². The van der Waals surface area contributed by atoms with Crippen molar-refractivity contribution < 1.29 is 1.43 Å². The van der Waals surface area contributed by atoms with Gasteiger partial charge in [0.15, 0.2) is 0 Å². The summed E-state index contributed by atoms with van der Waals surface area (Å²) in [6.07, 6.45) is 5.46. The van der Waals surface area contributed by atoms with Gasteiger partial charge in [-0.1, -0.05) is 19.9 Å². The van der Waals surface area contributed by atoms with Gasteiger partial charge in [0.05, 0.1) is 22.4 Å². The van der Waals surface area contributed by atoms with Crippen LogP contribution in [-0.4, -0.2) is 22.7 Å². The molecule has 0 aromatic carbocycles. The first-order chi connectivity index (χ1) is 10.2. The molecule has 2 aromatic heterocycles. The number of pyridine rings is 2. The number of rotatable bonds is 4. The third kappa shape index (κ3) is 4.53. The van der Waals surface area contributed by atoms with E-state index in [1.807, 2.05) is 57.2 Å². The van der Waals surface area contributed by atoms with Crippen LogP contribution in [0.4, 0.5) is 5.82 Å². The quantitative estimate of drug-likeness (QED) is 0.852. The fourth-order valence-corrected chi connectivity index (χ4v) is 1.67. The van der Waals surface area contributed by atoms with Crippen LogP contribution in [0.1, 0.15) is 22.2 Å². The Morgan fingerprint density at radius 3 is 2.71 bits per heavy atom. The van der Waals surface area contributed by atoms with Crippen molar-refractivity contribution in [3.63, 3.8) is 0 Å². The number of nitrogens with one attached hydrogen (secondary N) is 1. The van der Waals surface area contributed by atoms with Gasteiger partial charge in [0.25, 0.3) is 0 Å². The van der Waals surface area contributed by atoms with Crippen LogP contribution in [0.15, 0.2) is 53.3 Å². The highest BCUT2D eigenvalue weighted by molar-refractivity contribution is 6.09. The predicted molar refractivity (Wildman–Crippen MR) is 92.6 cm³/mol. The highest BCUT2D eigenvalue weighted by Gasteiger charge is 2.03. The van der Waals surface area contributed by atoms with Gasteiger partial charge in [-0.15, -0.1) is 0 Å². The first kappa shape index (κ1) is 16.6. The number of aromatic nitrogens is 2. The zero-order valence-corrected chi connectivity index (χ0v) is 13.0. The normalized spacial score (nSPS) is 11.1. The number of nitrogens with zero attached hydrogens (tertiary/aromatic N) is 3. The SMILES string of the molecule is CC.[CH]=C(Nc1ccc2ncccc2n1)C(/C=C\C)=NC.[HH]. The lowest BCUT2D eigenvalue weighted by molar-refractivity contribution is 1.31. The number of hydrogen-bond donors (Lipinski definition) is 1. The molecule has 0 amide bonds. The van der Waals surface area contributed by atoms with E-state index >= 15 is 0 Å². The first-order valence-electron chi connectivity index (χ1n) is 6.95. The van der Waals surface area contributed by atoms with Crippen molar-refractivity contribution in [3.05, 3.63) is 54.9 Å². The molecule has 4 nitrogen and oxygen atoms in total. The van der Waals surface area contributed by atoms with Gasteiger partial charge in [-0.3, -0.25) is 9.98 Å². The Bertz CT molecular complexity index is 663. The molecule has 0 saturated carbocycles. The van der Waals surface area contributed by atoms with Crippen LogP contribution in [-0.2, 0) is 0 Å². The molecule has 2 heterocycles. The van der Waals surface area contributed by atoms with Crippen LogP contribution in [0.2, 0.25) is 0 Å². The molecular formula is C17H23N4. The van der Waals surface area contributed by atoms with Crippen LogP contribution in [0, 0.1) is 6.58 Å². The highest BCUT2D eigenvalue weighted by Crippen LogP contribution is 2.14. The van der Waals surface area contributed by atoms with Gasteiger partial charge in [-0.25, -0.2) is 4.98 Å². The average Bonchev–Trinajstić information content (AvgIpc) is 2.54. The lowest BCUT2D eigenvalue weighted by atomic mass is 10.2. The summed E-state index contributed by atoms with van der Waals surface area (Å²) in [6, 6.07) is 7.50. The molecule has 0 bridgehead atoms. The van der Waals surface area contributed by atoms with Crippen LogP contribution >= 0.6 is 0 Å². The molecule has 0 aliphatic heterocycles. The molecule has 0 unspecified atom stereocenters. The van der Waals surface area contributed by atoms with Gasteiger partial charge in [0.1, 0.15) is 5.82 Å². The van der Waals surface area contributed by atoms with Gasteiger partial charge in [-0.05, 0) is 43.8 Å². The lowest BCUT2D eigenvalue weighted by Gasteiger charge is -2.09. The summed E-state index contributed by atoms with van der Waals surface area (Å²) in [6.45, 7) is 11.9. The van der Waals surface area contributed by atoms with Crippen LogP contribution in [0.5, 0.6) is 0 Å². The molecule has 21 heavy (non-hydrogen) atoms. The number of aliphatic imine (C=N–C) groups is 1. The minimum absolute atomic E-state index is 0. The molecule has 0 fully saturated rings. The predicted octanol–water partition coefficient (Wildman–Crippen LogP) is 4.28. The van der Waals surface area contributed by atoms with Crippen molar-refractivity contribution in [2.45, 2.75) is 20.8 Å². The summed E-state index contributed by atoms with van der Waals surface area (Å²) in [5.74, 6) is 0.670. The van der Waals surface area contributed by atoms with Crippen molar-refractivity contribution in [2.75, 3.05) is 12.4 Å². The van der Waals surface area contributed by atoms with Crippen molar-refractivity contribution in [2.24, 2.45) is 4.99 Å². The summed E-state index contributed by atoms with van der Waals surface area (Å²) in [5, 5.41) is 3.04. The van der Waals surface area contributed by atoms with E-state index in [0.717, 1.165) is 11.0 Å². The van der Waals surface area contributed by atoms with Crippen LogP contribution in [0.3, 0.4) is 0 Å². The van der Waals surface area contributed by atoms with Crippen molar-refractivity contribution >= 4 is 22.6 Å². The second-order valence-corrected chi connectivity index (χ2v) is 3.89. The smallest absolute Gasteiger partial charge is 0.131 e. The van der Waals surface area contributed by atoms with Crippen molar-refractivity contribution in [1.82, 2.24) is 9.97 Å². The second-order valence-electron chi connectivity index (χ2n) is 3.89. The topological polar surface area (TPSA) is 50.2 Å². The summed E-state index contributed by atoms with van der Waals surface area (Å²) in [4.78, 5) is 12.8. The molecule has 1 N–H and O–H groups in total. The molecule has 0 aliphatic carbocycles. The van der Waals surface area contributed by atoms with E-state index in [9.17, 15) is 0 Å². The highest BCUT2D eigenvalue weighted by atomic mass is 15.0. The summed E-state index contributed by atoms with van der Waals surface area (Å²) >= 11 is 0. The monoisotopic (exact) mass is 283 g/mol. The van der Waals surface area contributed by atoms with Gasteiger partial charge in [0.2, 0.25) is 0 Å². The standard InChI is InChI=1S/C15H15N4.C2H6.H2/c1-4-6-12(16-3)11(2)18-15-9-8-13-14(19-15)7-5-10-17-13;1-2;/h2,4-10H,1,3H3,(H,18,19);1-2H3;1H/b6-4-,11-2?,16-12?;;. The fraction of sp³-hybridized carbons (Fsp3) is 0.235. The zero-order valence-electron chi connectivity index (χ0n) is 13.0. The van der Waals surface area contributed by atoms with Gasteiger partial charge < -0.3 is 5.32 Å². The van der Waals surface area contributed by atoms with Crippen LogP contribution < -0.4 is 5.32 Å². The molecule has 1 radical (unpaired) electrons. The van der Waals surface area contributed by atoms with Crippen LogP contribution in [0.25, 0.3) is 11.0 Å². The maximum absolute atomic E-state index is 5.96. The molecule has 2 aromatic rings. The van der Waals surface area contributed by atoms with E-state index in [1.54, 1.807) is 13.2 Å². The van der Waals surface area contributed by atoms with Crippen molar-refractivity contribution in [1.29, 1.82) is 0 Å². The molecule has 0 atom stereocenters. The minimum atomic E-state index is 0. The maximum atomic E-state index is 5.96. The maximum Gasteiger partial charge on any atom is 0.131 e. The Balaban J connectivity index is 0.00000141. The third-order valence-electron chi connectivity index (χ3n) is 2.56. The van der Waals surface area contributed by atoms with E-state index in [0.29, 0.717) is 17.2 Å². The molecule has 0 spiro atoms. The van der Waals surface area contributed by atoms with Gasteiger partial charge in [-0.2, -0.15) is 0 Å². The Kier molecular flexibility index (Phi) is 6.81. The molecule has 111 valence electrons. The lowest BCUT2D eigenvalue weighted by Crippen LogP contribution is -2.09. The minimum Gasteiger partial charge on any atom is -0.338 e. The molecule has 4 heteroatoms. The van der Waals surface area contributed by atoms with E-state index in [-0.39, 0.29) is 1.43 Å². The first-order valence-corrected chi connectivity index (χ1v) is 6.95. The summed E-state index contributed by atoms with van der Waals surface area (Å²) in [5.41, 5.74) is 2.83. The Labute approximate surface area is 127 Å². The zero-order chi connectivity index (χ0) is 15.7. The molecular weight excluding hydrogens is 260 g/mol. The summed E-state index contributed by atoms with van der Waals surface area (Å²) in [7, 11) is 1.70. The van der Waals surface area contributed by atoms with Crippen molar-refractivity contribution in [3.8, 4) is 0 Å². The number of fused-ring (bicyclic) bond motifs is 1. The fourth-order valence-electron chi connectivity index (χ4n) is 1.67.